The lowest BCUT2D eigenvalue weighted by Gasteiger charge is -2.25. The van der Waals surface area contributed by atoms with E-state index in [1.54, 1.807) is 19.1 Å². The third-order valence-corrected chi connectivity index (χ3v) is 10.3. The van der Waals surface area contributed by atoms with E-state index in [1.165, 1.54) is 32.5 Å². The first-order valence-electron chi connectivity index (χ1n) is 18.2. The van der Waals surface area contributed by atoms with Gasteiger partial charge in [0.05, 0.1) is 46.7 Å². The Bertz CT molecular complexity index is 1830. The summed E-state index contributed by atoms with van der Waals surface area (Å²) in [5.74, 6) is -5.92. The third-order valence-electron chi connectivity index (χ3n) is 8.50. The molecular weight excluding hydrogens is 773 g/mol. The van der Waals surface area contributed by atoms with Gasteiger partial charge in [-0.2, -0.15) is 0 Å². The number of pyridine rings is 2. The van der Waals surface area contributed by atoms with E-state index in [1.807, 2.05) is 47.2 Å². The van der Waals surface area contributed by atoms with Gasteiger partial charge in [-0.3, -0.25) is 29.5 Å². The Balaban J connectivity index is 1.66. The largest absolute Gasteiger partial charge is 0.549 e. The number of carboxylic acids is 4. The fourth-order valence-electron chi connectivity index (χ4n) is 6.16. The van der Waals surface area contributed by atoms with Crippen molar-refractivity contribution in [3.05, 3.63) is 94.2 Å². The minimum Gasteiger partial charge on any atom is -0.549 e. The Morgan fingerprint density at radius 1 is 0.614 bits per heavy atom. The van der Waals surface area contributed by atoms with Gasteiger partial charge in [0, 0.05) is 74.2 Å². The number of carboxylic acid groups (broad SMARTS) is 4. The van der Waals surface area contributed by atoms with Crippen molar-refractivity contribution in [1.29, 1.82) is 0 Å². The number of unbranched alkanes of at least 4 members (excludes halogenated alkanes) is 3. The maximum atomic E-state index is 11.9. The molecule has 0 saturated carbocycles. The van der Waals surface area contributed by atoms with Crippen LogP contribution in [0.3, 0.4) is 0 Å². The number of nitrogens with zero attached hydrogens (tertiary/aromatic N) is 5. The molecule has 57 heavy (non-hydrogen) atoms. The molecule has 15 nitrogen and oxygen atoms in total. The van der Waals surface area contributed by atoms with Crippen molar-refractivity contribution < 1.29 is 44.4 Å². The van der Waals surface area contributed by atoms with Gasteiger partial charge in [0.15, 0.2) is 0 Å². The Morgan fingerprint density at radius 2 is 1.00 bits per heavy atom. The van der Waals surface area contributed by atoms with Gasteiger partial charge in [0.25, 0.3) is 0 Å². The molecule has 0 spiro atoms. The van der Waals surface area contributed by atoms with Crippen LogP contribution in [0.2, 0.25) is 0 Å². The summed E-state index contributed by atoms with van der Waals surface area (Å²) in [7, 11) is 0. The summed E-state index contributed by atoms with van der Waals surface area (Å²) in [4.78, 5) is 73.8. The van der Waals surface area contributed by atoms with Crippen LogP contribution in [-0.4, -0.2) is 93.7 Å². The smallest absolute Gasteiger partial charge is 0.246 e. The molecule has 0 atom stereocenters. The monoisotopic (exact) mass is 816 g/mol. The summed E-state index contributed by atoms with van der Waals surface area (Å²) < 4.78 is 0. The van der Waals surface area contributed by atoms with E-state index in [9.17, 15) is 44.4 Å². The van der Waals surface area contributed by atoms with Crippen molar-refractivity contribution in [2.45, 2.75) is 58.8 Å². The van der Waals surface area contributed by atoms with Crippen molar-refractivity contribution >= 4 is 52.5 Å². The second kappa shape index (κ2) is 22.4. The number of aliphatic carboxylic acids is 4. The molecule has 0 unspecified atom stereocenters. The molecule has 0 aliphatic heterocycles. The molecule has 0 aliphatic carbocycles. The van der Waals surface area contributed by atoms with Crippen molar-refractivity contribution in [1.82, 2.24) is 30.0 Å². The molecule has 1 amide bonds. The number of rotatable bonds is 26. The molecule has 4 aromatic rings. The van der Waals surface area contributed by atoms with Crippen molar-refractivity contribution in [2.24, 2.45) is 0 Å². The van der Waals surface area contributed by atoms with E-state index < -0.39 is 50.1 Å². The predicted molar refractivity (Wildman–Crippen MR) is 206 cm³/mol. The molecular formula is C40H44N6O9S2-4. The molecule has 0 bridgehead atoms. The Morgan fingerprint density at radius 3 is 1.35 bits per heavy atom. The zero-order valence-electron chi connectivity index (χ0n) is 31.6. The number of thiophene rings is 2. The van der Waals surface area contributed by atoms with Crippen molar-refractivity contribution in [2.75, 3.05) is 39.3 Å². The van der Waals surface area contributed by atoms with Crippen molar-refractivity contribution in [3.63, 3.8) is 0 Å². The number of aromatic nitrogens is 2. The zero-order valence-corrected chi connectivity index (χ0v) is 33.2. The summed E-state index contributed by atoms with van der Waals surface area (Å²) in [5, 5.41) is 52.5. The average molecular weight is 817 g/mol. The van der Waals surface area contributed by atoms with E-state index in [4.69, 9.17) is 9.97 Å². The van der Waals surface area contributed by atoms with E-state index in [0.29, 0.717) is 54.5 Å². The SMILES string of the molecule is C=C(C)C(=O)NCCCCCCN(Cc1cc(-c2cccs2)cc(CN(CC(=O)[O-])CC(=O)[O-])n1)Cc1cc(-c2cccs2)cc(CN(CC(=O)[O-])CC(=O)[O-])n1. The van der Waals surface area contributed by atoms with Crippen LogP contribution in [0.25, 0.3) is 20.9 Å². The second-order valence-corrected chi connectivity index (χ2v) is 15.5. The molecule has 0 aromatic carbocycles. The first-order valence-corrected chi connectivity index (χ1v) is 20.0. The molecule has 0 saturated heterocycles. The molecule has 17 heteroatoms. The van der Waals surface area contributed by atoms with E-state index in [-0.39, 0.29) is 19.0 Å². The van der Waals surface area contributed by atoms with Gasteiger partial charge < -0.3 is 44.9 Å². The average Bonchev–Trinajstić information content (AvgIpc) is 3.86. The normalized spacial score (nSPS) is 11.3. The quantitative estimate of drug-likeness (QED) is 0.0640. The fourth-order valence-corrected chi connectivity index (χ4v) is 7.59. The molecule has 0 radical (unpaired) electrons. The summed E-state index contributed by atoms with van der Waals surface area (Å²) in [5.41, 5.74) is 4.29. The minimum atomic E-state index is -1.44. The molecule has 304 valence electrons. The molecule has 0 aliphatic rings. The molecule has 4 heterocycles. The van der Waals surface area contributed by atoms with Crippen LogP contribution in [0.1, 0.15) is 55.4 Å². The lowest BCUT2D eigenvalue weighted by atomic mass is 10.1. The number of carbonyl (C=O) groups is 5. The van der Waals surface area contributed by atoms with Crippen molar-refractivity contribution in [3.8, 4) is 20.9 Å². The van der Waals surface area contributed by atoms with Crippen LogP contribution in [-0.2, 0) is 50.2 Å². The van der Waals surface area contributed by atoms with E-state index in [2.05, 4.69) is 16.8 Å². The summed E-state index contributed by atoms with van der Waals surface area (Å²) in [6, 6.07) is 15.2. The third kappa shape index (κ3) is 16.0. The molecule has 0 fully saturated rings. The first kappa shape index (κ1) is 44.4. The summed E-state index contributed by atoms with van der Waals surface area (Å²) in [6.45, 7) is 4.39. The number of nitrogens with one attached hydrogen (secondary N) is 1. The van der Waals surface area contributed by atoms with Gasteiger partial charge in [-0.1, -0.05) is 31.6 Å². The van der Waals surface area contributed by atoms with Gasteiger partial charge in [-0.25, -0.2) is 0 Å². The van der Waals surface area contributed by atoms with Gasteiger partial charge >= 0.3 is 0 Å². The van der Waals surface area contributed by atoms with Crippen LogP contribution in [0.15, 0.2) is 71.4 Å². The highest BCUT2D eigenvalue weighted by Gasteiger charge is 2.17. The van der Waals surface area contributed by atoms with E-state index >= 15 is 0 Å². The van der Waals surface area contributed by atoms with Crippen LogP contribution < -0.4 is 25.7 Å². The van der Waals surface area contributed by atoms with Gasteiger partial charge in [0.1, 0.15) is 0 Å². The number of hydrogen-bond donors (Lipinski definition) is 1. The standard InChI is InChI=1S/C40H48N6O9S2/c1-27(2)40(55)41-11-5-3-4-6-12-44(19-30-15-28(34-9-7-13-56-34)17-32(42-30)21-45(23-36(47)48)24-37(49)50)20-31-16-29(35-10-8-14-57-35)18-33(43-31)22-46(25-38(51)52)26-39(53)54/h7-10,13-18H,1,3-6,11-12,19-26H2,2H3,(H,41,55)(H,47,48)(H,49,50)(H,51,52)(H,53,54)/p-4. The topological polar surface area (TPSA) is 225 Å². The van der Waals surface area contributed by atoms with Crippen LogP contribution in [0, 0.1) is 0 Å². The Hall–Kier alpha value is -5.33. The molecule has 4 rings (SSSR count). The first-order chi connectivity index (χ1) is 27.2. The van der Waals surface area contributed by atoms with Gasteiger partial charge in [0.2, 0.25) is 5.91 Å². The molecule has 4 aromatic heterocycles. The summed E-state index contributed by atoms with van der Waals surface area (Å²) in [6.07, 6.45) is 3.27. The summed E-state index contributed by atoms with van der Waals surface area (Å²) >= 11 is 3.01. The number of hydrogen-bond acceptors (Lipinski definition) is 16. The highest BCUT2D eigenvalue weighted by atomic mass is 32.1. The highest BCUT2D eigenvalue weighted by Crippen LogP contribution is 2.29. The zero-order chi connectivity index (χ0) is 41.3. The maximum absolute atomic E-state index is 11.9. The Kier molecular flexibility index (Phi) is 17.5. The van der Waals surface area contributed by atoms with Gasteiger partial charge in [-0.15, -0.1) is 22.7 Å². The predicted octanol–water partition coefficient (Wildman–Crippen LogP) is -0.208. The fraction of sp³-hybridized carbons (Fsp3) is 0.375. The minimum absolute atomic E-state index is 0.0852. The molecule has 1 N–H and O–H groups in total. The number of amides is 1. The lowest BCUT2D eigenvalue weighted by molar-refractivity contribution is -0.313. The second-order valence-electron chi connectivity index (χ2n) is 13.6. The van der Waals surface area contributed by atoms with Crippen LogP contribution in [0.4, 0.5) is 0 Å². The highest BCUT2D eigenvalue weighted by molar-refractivity contribution is 7.13. The Labute approximate surface area is 338 Å². The lowest BCUT2D eigenvalue weighted by Crippen LogP contribution is -2.43. The van der Waals surface area contributed by atoms with Gasteiger partial charge in [-0.05, 0) is 84.6 Å². The maximum Gasteiger partial charge on any atom is 0.246 e. The number of carbonyl (C=O) groups excluding carboxylic acids is 5. The van der Waals surface area contributed by atoms with E-state index in [0.717, 1.165) is 46.6 Å². The van der Waals surface area contributed by atoms with Crippen LogP contribution in [0.5, 0.6) is 0 Å². The van der Waals surface area contributed by atoms with Crippen LogP contribution >= 0.6 is 22.7 Å².